The third-order valence-corrected chi connectivity index (χ3v) is 1.61. The molecule has 0 spiro atoms. The van der Waals surface area contributed by atoms with Crippen LogP contribution in [0.2, 0.25) is 0 Å². The molecule has 0 saturated carbocycles. The fraction of sp³-hybridized carbons (Fsp3) is 0.100. The molecule has 1 heterocycles. The summed E-state index contributed by atoms with van der Waals surface area (Å²) in [6, 6.07) is 10.0. The van der Waals surface area contributed by atoms with E-state index in [9.17, 15) is 0 Å². The lowest BCUT2D eigenvalue weighted by atomic mass is 10.2. The zero-order chi connectivity index (χ0) is 8.23. The Morgan fingerprint density at radius 1 is 1.00 bits per heavy atom. The molecule has 2 nitrogen and oxygen atoms in total. The molecule has 61 valence electrons. The second-order valence-corrected chi connectivity index (χ2v) is 2.47. The maximum Gasteiger partial charge on any atom is 0.252 e. The first kappa shape index (κ1) is 7.53. The molecule has 1 radical (unpaired) electrons. The molecule has 0 unspecified atom stereocenters. The molecule has 2 rings (SSSR count). The molecular weight excluding hydrogens is 152 g/mol. The zero-order valence-electron chi connectivity index (χ0n) is 6.57. The van der Waals surface area contributed by atoms with Crippen LogP contribution in [0.5, 0.6) is 0 Å². The number of ether oxygens (including phenoxy) is 2. The lowest BCUT2D eigenvalue weighted by Crippen LogP contribution is -2.19. The molecule has 0 N–H and O–H groups in total. The molecule has 0 amide bonds. The SMILES string of the molecule is C(=Cc1ccccc1)[C]1OCO1. The minimum Gasteiger partial charge on any atom is -0.315 e. The molecule has 0 atom stereocenters. The largest absolute Gasteiger partial charge is 0.315 e. The fourth-order valence-electron chi connectivity index (χ4n) is 0.952. The van der Waals surface area contributed by atoms with Gasteiger partial charge < -0.3 is 9.47 Å². The highest BCUT2D eigenvalue weighted by Crippen LogP contribution is 2.17. The Morgan fingerprint density at radius 3 is 2.33 bits per heavy atom. The minimum absolute atomic E-state index is 0.383. The maximum absolute atomic E-state index is 4.96. The Kier molecular flexibility index (Phi) is 2.21. The third kappa shape index (κ3) is 1.72. The second-order valence-electron chi connectivity index (χ2n) is 2.47. The Bertz CT molecular complexity index is 262. The van der Waals surface area contributed by atoms with Gasteiger partial charge >= 0.3 is 0 Å². The van der Waals surface area contributed by atoms with Crippen molar-refractivity contribution in [1.29, 1.82) is 0 Å². The van der Waals surface area contributed by atoms with E-state index in [0.29, 0.717) is 13.1 Å². The van der Waals surface area contributed by atoms with E-state index < -0.39 is 0 Å². The summed E-state index contributed by atoms with van der Waals surface area (Å²) in [4.78, 5) is 0. The monoisotopic (exact) mass is 161 g/mol. The van der Waals surface area contributed by atoms with Gasteiger partial charge in [-0.2, -0.15) is 0 Å². The lowest BCUT2D eigenvalue weighted by Gasteiger charge is -2.21. The normalized spacial score (nSPS) is 18.0. The quantitative estimate of drug-likeness (QED) is 0.662. The summed E-state index contributed by atoms with van der Waals surface area (Å²) in [6.45, 7) is 0.383. The lowest BCUT2D eigenvalue weighted by molar-refractivity contribution is -0.216. The van der Waals surface area contributed by atoms with Crippen molar-refractivity contribution in [2.24, 2.45) is 0 Å². The van der Waals surface area contributed by atoms with Gasteiger partial charge in [0, 0.05) is 0 Å². The number of hydrogen-bond acceptors (Lipinski definition) is 2. The first-order valence-corrected chi connectivity index (χ1v) is 3.81. The van der Waals surface area contributed by atoms with Gasteiger partial charge in [0.25, 0.3) is 6.29 Å². The van der Waals surface area contributed by atoms with Crippen LogP contribution in [0.3, 0.4) is 0 Å². The van der Waals surface area contributed by atoms with Crippen LogP contribution >= 0.6 is 0 Å². The van der Waals surface area contributed by atoms with Gasteiger partial charge in [0.15, 0.2) is 6.79 Å². The van der Waals surface area contributed by atoms with Gasteiger partial charge in [0.1, 0.15) is 0 Å². The molecule has 2 heteroatoms. The average molecular weight is 161 g/mol. The van der Waals surface area contributed by atoms with Crippen LogP contribution in [0.4, 0.5) is 0 Å². The Hall–Kier alpha value is -1.12. The first-order chi connectivity index (χ1) is 5.95. The van der Waals surface area contributed by atoms with Gasteiger partial charge in [-0.3, -0.25) is 0 Å². The van der Waals surface area contributed by atoms with Crippen LogP contribution in [0.1, 0.15) is 5.56 Å². The molecule has 0 aromatic heterocycles. The van der Waals surface area contributed by atoms with E-state index in [2.05, 4.69) is 0 Å². The van der Waals surface area contributed by atoms with Gasteiger partial charge in [-0.1, -0.05) is 36.4 Å². The molecule has 12 heavy (non-hydrogen) atoms. The van der Waals surface area contributed by atoms with Gasteiger partial charge in [-0.25, -0.2) is 0 Å². The maximum atomic E-state index is 4.96. The highest BCUT2D eigenvalue weighted by atomic mass is 16.8. The Morgan fingerprint density at radius 2 is 1.75 bits per heavy atom. The molecule has 0 bridgehead atoms. The van der Waals surface area contributed by atoms with E-state index in [1.807, 2.05) is 42.5 Å². The summed E-state index contributed by atoms with van der Waals surface area (Å²) < 4.78 is 9.92. The third-order valence-electron chi connectivity index (χ3n) is 1.61. The van der Waals surface area contributed by atoms with Crippen LogP contribution in [0, 0.1) is 6.29 Å². The smallest absolute Gasteiger partial charge is 0.252 e. The molecular formula is C10H9O2. The molecule has 1 fully saturated rings. The van der Waals surface area contributed by atoms with E-state index in [1.165, 1.54) is 0 Å². The van der Waals surface area contributed by atoms with Crippen molar-refractivity contribution in [2.75, 3.05) is 6.79 Å². The first-order valence-electron chi connectivity index (χ1n) is 3.81. The van der Waals surface area contributed by atoms with E-state index >= 15 is 0 Å². The van der Waals surface area contributed by atoms with Crippen molar-refractivity contribution in [3.05, 3.63) is 48.3 Å². The highest BCUT2D eigenvalue weighted by Gasteiger charge is 2.16. The molecule has 1 aliphatic rings. The van der Waals surface area contributed by atoms with Gasteiger partial charge in [0.05, 0.1) is 0 Å². The zero-order valence-corrected chi connectivity index (χ0v) is 6.57. The number of hydrogen-bond donors (Lipinski definition) is 0. The fourth-order valence-corrected chi connectivity index (χ4v) is 0.952. The van der Waals surface area contributed by atoms with Crippen LogP contribution in [0.15, 0.2) is 36.4 Å². The van der Waals surface area contributed by atoms with Crippen molar-refractivity contribution in [2.45, 2.75) is 0 Å². The molecule has 1 aliphatic heterocycles. The van der Waals surface area contributed by atoms with Gasteiger partial charge in [0.2, 0.25) is 0 Å². The van der Waals surface area contributed by atoms with Crippen LogP contribution < -0.4 is 0 Å². The predicted molar refractivity (Wildman–Crippen MR) is 45.8 cm³/mol. The van der Waals surface area contributed by atoms with Crippen LogP contribution in [-0.2, 0) is 9.47 Å². The topological polar surface area (TPSA) is 18.5 Å². The summed E-state index contributed by atoms with van der Waals surface area (Å²) in [6.07, 6.45) is 4.37. The van der Waals surface area contributed by atoms with E-state index in [0.717, 1.165) is 5.56 Å². The summed E-state index contributed by atoms with van der Waals surface area (Å²) in [5.41, 5.74) is 1.14. The molecule has 0 aliphatic carbocycles. The standard InChI is InChI=1S/C10H9O2/c1-2-4-9(5-3-1)6-7-10-11-8-12-10/h1-7H,8H2. The van der Waals surface area contributed by atoms with Crippen molar-refractivity contribution >= 4 is 6.08 Å². The summed E-state index contributed by atoms with van der Waals surface area (Å²) >= 11 is 0. The van der Waals surface area contributed by atoms with Crippen molar-refractivity contribution in [3.8, 4) is 0 Å². The summed E-state index contributed by atoms with van der Waals surface area (Å²) in [5.74, 6) is 0. The predicted octanol–water partition coefficient (Wildman–Crippen LogP) is 2.19. The molecule has 1 aromatic rings. The molecule has 1 aromatic carbocycles. The van der Waals surface area contributed by atoms with E-state index in [-0.39, 0.29) is 0 Å². The highest BCUT2D eigenvalue weighted by molar-refractivity contribution is 5.50. The van der Waals surface area contributed by atoms with Crippen LogP contribution in [0.25, 0.3) is 6.08 Å². The molecule has 1 saturated heterocycles. The number of rotatable bonds is 2. The minimum atomic E-state index is 0.383. The van der Waals surface area contributed by atoms with Crippen molar-refractivity contribution < 1.29 is 9.47 Å². The Balaban J connectivity index is 1.98. The van der Waals surface area contributed by atoms with E-state index in [4.69, 9.17) is 9.47 Å². The number of benzene rings is 1. The van der Waals surface area contributed by atoms with Crippen LogP contribution in [-0.4, -0.2) is 6.79 Å². The summed E-state index contributed by atoms with van der Waals surface area (Å²) in [7, 11) is 0. The average Bonchev–Trinajstić information content (AvgIpc) is 2.04. The van der Waals surface area contributed by atoms with Gasteiger partial charge in [-0.15, -0.1) is 0 Å². The van der Waals surface area contributed by atoms with E-state index in [1.54, 1.807) is 0 Å². The second kappa shape index (κ2) is 3.52. The Labute approximate surface area is 71.4 Å². The van der Waals surface area contributed by atoms with Crippen molar-refractivity contribution in [3.63, 3.8) is 0 Å². The van der Waals surface area contributed by atoms with Gasteiger partial charge in [-0.05, 0) is 11.6 Å². The summed E-state index contributed by atoms with van der Waals surface area (Å²) in [5, 5.41) is 0. The van der Waals surface area contributed by atoms with Crippen molar-refractivity contribution in [1.82, 2.24) is 0 Å².